The lowest BCUT2D eigenvalue weighted by atomic mass is 10.1. The van der Waals surface area contributed by atoms with Gasteiger partial charge in [0, 0.05) is 31.7 Å². The number of carbonyl (C=O) groups is 1. The average molecular weight is 398 g/mol. The quantitative estimate of drug-likeness (QED) is 0.761. The Balaban J connectivity index is 1.58. The normalized spacial score (nSPS) is 17.5. The average Bonchev–Trinajstić information content (AvgIpc) is 3.20. The molecule has 0 unspecified atom stereocenters. The molecule has 0 saturated carbocycles. The van der Waals surface area contributed by atoms with Gasteiger partial charge in [-0.2, -0.15) is 0 Å². The Morgan fingerprint density at radius 1 is 1.21 bits per heavy atom. The monoisotopic (exact) mass is 398 g/mol. The van der Waals surface area contributed by atoms with Gasteiger partial charge in [-0.1, -0.05) is 6.07 Å². The number of furan rings is 1. The number of nitrogens with zero attached hydrogens (tertiary/aromatic N) is 4. The lowest BCUT2D eigenvalue weighted by Crippen LogP contribution is -2.38. The minimum atomic E-state index is -3.43. The van der Waals surface area contributed by atoms with E-state index >= 15 is 0 Å². The fourth-order valence-electron chi connectivity index (χ4n) is 3.01. The molecule has 2 aliphatic rings. The van der Waals surface area contributed by atoms with Gasteiger partial charge >= 0.3 is 0 Å². The van der Waals surface area contributed by atoms with Gasteiger partial charge in [-0.25, -0.2) is 8.42 Å². The van der Waals surface area contributed by atoms with Crippen molar-refractivity contribution >= 4 is 21.8 Å². The van der Waals surface area contributed by atoms with Crippen LogP contribution in [0.15, 0.2) is 75.7 Å². The smallest absolute Gasteiger partial charge is 0.256 e. The predicted octanol–water partition coefficient (Wildman–Crippen LogP) is 1.70. The van der Waals surface area contributed by atoms with E-state index in [4.69, 9.17) is 4.42 Å². The van der Waals surface area contributed by atoms with Gasteiger partial charge in [0.05, 0.1) is 24.1 Å². The van der Waals surface area contributed by atoms with E-state index < -0.39 is 10.0 Å². The van der Waals surface area contributed by atoms with Crippen molar-refractivity contribution in [2.24, 2.45) is 4.40 Å². The van der Waals surface area contributed by atoms with Crippen molar-refractivity contribution in [2.45, 2.75) is 13.1 Å². The van der Waals surface area contributed by atoms with Crippen molar-refractivity contribution in [1.82, 2.24) is 14.8 Å². The number of amides is 1. The summed E-state index contributed by atoms with van der Waals surface area (Å²) in [6.07, 6.45) is 9.76. The van der Waals surface area contributed by atoms with E-state index in [9.17, 15) is 13.2 Å². The van der Waals surface area contributed by atoms with Crippen LogP contribution in [0.4, 0.5) is 0 Å². The molecule has 0 radical (unpaired) electrons. The third kappa shape index (κ3) is 4.04. The fraction of sp³-hybridized carbons (Fsp3) is 0.211. The van der Waals surface area contributed by atoms with Gasteiger partial charge in [0.2, 0.25) is 0 Å². The molecular weight excluding hydrogens is 380 g/mol. The van der Waals surface area contributed by atoms with Crippen LogP contribution in [0.1, 0.15) is 11.3 Å². The van der Waals surface area contributed by atoms with Crippen LogP contribution in [-0.4, -0.2) is 47.2 Å². The summed E-state index contributed by atoms with van der Waals surface area (Å²) >= 11 is 0. The van der Waals surface area contributed by atoms with Crippen molar-refractivity contribution in [3.05, 3.63) is 78.2 Å². The number of sulfonamides is 1. The van der Waals surface area contributed by atoms with Crippen LogP contribution in [0.2, 0.25) is 0 Å². The molecule has 0 aliphatic carbocycles. The number of hydrogen-bond donors (Lipinski definition) is 0. The first-order valence-electron chi connectivity index (χ1n) is 8.70. The Kier molecular flexibility index (Phi) is 4.82. The summed E-state index contributed by atoms with van der Waals surface area (Å²) in [7, 11) is -3.43. The first kappa shape index (κ1) is 18.2. The standard InChI is InChI=1S/C19H18N4O4S/c24-19(16-5-6-18-21-28(25,26)10-8-22(18)13-16)23(14-17-4-2-9-27-17)12-15-3-1-7-20-11-15/h1-7,9,11,13H,8,10,12,14H2. The number of carbonyl (C=O) groups excluding carboxylic acids is 1. The Bertz CT molecular complexity index is 1060. The maximum absolute atomic E-state index is 13.2. The molecule has 144 valence electrons. The number of rotatable bonds is 5. The first-order valence-corrected chi connectivity index (χ1v) is 10.3. The van der Waals surface area contributed by atoms with Crippen LogP contribution in [0.3, 0.4) is 0 Å². The number of amidine groups is 1. The topological polar surface area (TPSA) is 96.1 Å². The lowest BCUT2D eigenvalue weighted by Gasteiger charge is -2.29. The molecule has 9 heteroatoms. The van der Waals surface area contributed by atoms with Crippen molar-refractivity contribution in [1.29, 1.82) is 0 Å². The summed E-state index contributed by atoms with van der Waals surface area (Å²) in [5, 5.41) is 0. The van der Waals surface area contributed by atoms with E-state index in [0.717, 1.165) is 5.56 Å². The molecule has 2 aromatic rings. The highest BCUT2D eigenvalue weighted by Gasteiger charge is 2.27. The molecule has 0 saturated heterocycles. The summed E-state index contributed by atoms with van der Waals surface area (Å²) in [5.74, 6) is 0.731. The Labute approximate surface area is 162 Å². The predicted molar refractivity (Wildman–Crippen MR) is 102 cm³/mol. The number of fused-ring (bicyclic) bond motifs is 1. The highest BCUT2D eigenvalue weighted by atomic mass is 32.2. The molecule has 0 N–H and O–H groups in total. The van der Waals surface area contributed by atoms with Crippen LogP contribution in [0.5, 0.6) is 0 Å². The largest absolute Gasteiger partial charge is 0.467 e. The molecule has 8 nitrogen and oxygen atoms in total. The van der Waals surface area contributed by atoms with Gasteiger partial charge in [0.15, 0.2) is 0 Å². The fourth-order valence-corrected chi connectivity index (χ4v) is 3.98. The Morgan fingerprint density at radius 2 is 2.11 bits per heavy atom. The Hall–Kier alpha value is -3.20. The van der Waals surface area contributed by atoms with Crippen LogP contribution < -0.4 is 0 Å². The van der Waals surface area contributed by atoms with Gasteiger partial charge < -0.3 is 14.2 Å². The van der Waals surface area contributed by atoms with Gasteiger partial charge in [-0.3, -0.25) is 9.78 Å². The minimum Gasteiger partial charge on any atom is -0.467 e. The van der Waals surface area contributed by atoms with Gasteiger partial charge in [0.25, 0.3) is 15.9 Å². The van der Waals surface area contributed by atoms with Crippen LogP contribution in [0, 0.1) is 0 Å². The summed E-state index contributed by atoms with van der Waals surface area (Å²) in [6.45, 7) is 0.943. The molecule has 2 aromatic heterocycles. The second kappa shape index (κ2) is 7.43. The van der Waals surface area contributed by atoms with E-state index in [-0.39, 0.29) is 18.2 Å². The molecule has 0 fully saturated rings. The summed E-state index contributed by atoms with van der Waals surface area (Å²) in [5.41, 5.74) is 1.35. The maximum Gasteiger partial charge on any atom is 0.256 e. The lowest BCUT2D eigenvalue weighted by molar-refractivity contribution is -0.128. The van der Waals surface area contributed by atoms with Gasteiger partial charge in [-0.15, -0.1) is 4.40 Å². The van der Waals surface area contributed by atoms with E-state index in [1.165, 1.54) is 0 Å². The SMILES string of the molecule is O=C(C1=CN2CCS(=O)(=O)N=C2C=C1)N(Cc1cccnc1)Cc1ccco1. The van der Waals surface area contributed by atoms with E-state index in [0.29, 0.717) is 30.3 Å². The van der Waals surface area contributed by atoms with Crippen LogP contribution >= 0.6 is 0 Å². The summed E-state index contributed by atoms with van der Waals surface area (Å²) in [4.78, 5) is 20.6. The number of hydrogen-bond acceptors (Lipinski definition) is 6. The van der Waals surface area contributed by atoms with Gasteiger partial charge in [0.1, 0.15) is 11.6 Å². The van der Waals surface area contributed by atoms with Crippen molar-refractivity contribution < 1.29 is 17.6 Å². The van der Waals surface area contributed by atoms with Gasteiger partial charge in [-0.05, 0) is 35.9 Å². The highest BCUT2D eigenvalue weighted by molar-refractivity contribution is 7.90. The second-order valence-electron chi connectivity index (χ2n) is 6.45. The van der Waals surface area contributed by atoms with Crippen molar-refractivity contribution in [3.63, 3.8) is 0 Å². The summed E-state index contributed by atoms with van der Waals surface area (Å²) < 4.78 is 32.4. The molecule has 2 aliphatic heterocycles. The molecule has 0 spiro atoms. The first-order chi connectivity index (χ1) is 13.5. The minimum absolute atomic E-state index is 0.0753. The second-order valence-corrected chi connectivity index (χ2v) is 8.20. The molecule has 4 rings (SSSR count). The molecule has 0 atom stereocenters. The van der Waals surface area contributed by atoms with E-state index in [1.54, 1.807) is 52.9 Å². The molecule has 1 amide bonds. The molecule has 0 aromatic carbocycles. The van der Waals surface area contributed by atoms with E-state index in [2.05, 4.69) is 9.38 Å². The molecule has 28 heavy (non-hydrogen) atoms. The Morgan fingerprint density at radius 3 is 2.86 bits per heavy atom. The van der Waals surface area contributed by atoms with Crippen molar-refractivity contribution in [2.75, 3.05) is 12.3 Å². The third-order valence-corrected chi connectivity index (χ3v) is 5.54. The summed E-state index contributed by atoms with van der Waals surface area (Å²) in [6, 6.07) is 7.32. The third-order valence-electron chi connectivity index (χ3n) is 4.38. The van der Waals surface area contributed by atoms with Crippen LogP contribution in [-0.2, 0) is 27.9 Å². The van der Waals surface area contributed by atoms with E-state index in [1.807, 2.05) is 18.2 Å². The maximum atomic E-state index is 13.2. The van der Waals surface area contributed by atoms with Crippen LogP contribution in [0.25, 0.3) is 0 Å². The molecule has 0 bridgehead atoms. The zero-order chi connectivity index (χ0) is 19.6. The number of aromatic nitrogens is 1. The number of pyridine rings is 1. The zero-order valence-corrected chi connectivity index (χ0v) is 15.7. The highest BCUT2D eigenvalue weighted by Crippen LogP contribution is 2.20. The molecule has 4 heterocycles. The molecular formula is C19H18N4O4S. The zero-order valence-electron chi connectivity index (χ0n) is 14.9. The van der Waals surface area contributed by atoms with Crippen molar-refractivity contribution in [3.8, 4) is 0 Å².